The van der Waals surface area contributed by atoms with Crippen LogP contribution in [0.1, 0.15) is 6.42 Å². The smallest absolute Gasteiger partial charge is 0.134 e. The van der Waals surface area contributed by atoms with Crippen molar-refractivity contribution in [3.8, 4) is 0 Å². The van der Waals surface area contributed by atoms with Crippen molar-refractivity contribution < 1.29 is 0 Å². The van der Waals surface area contributed by atoms with Crippen LogP contribution in [0.15, 0.2) is 25.0 Å². The van der Waals surface area contributed by atoms with E-state index in [-0.39, 0.29) is 0 Å². The number of nitrogens with zero attached hydrogens (tertiary/aromatic N) is 3. The van der Waals surface area contributed by atoms with E-state index in [0.29, 0.717) is 12.6 Å². The monoisotopic (exact) mass is 233 g/mol. The van der Waals surface area contributed by atoms with Crippen molar-refractivity contribution in [2.75, 3.05) is 36.9 Å². The SMILES string of the molecule is C=CCNc1cc(N(C)C2CCNC2)ncn1. The standard InChI is InChI=1S/C12H19N5/c1-3-5-14-11-7-12(16-9-15-11)17(2)10-4-6-13-8-10/h3,7,9-10,13H,1,4-6,8H2,2H3,(H,14,15,16). The lowest BCUT2D eigenvalue weighted by Crippen LogP contribution is -2.33. The van der Waals surface area contributed by atoms with E-state index in [1.54, 1.807) is 6.33 Å². The average molecular weight is 233 g/mol. The minimum Gasteiger partial charge on any atom is -0.366 e. The zero-order valence-corrected chi connectivity index (χ0v) is 10.2. The summed E-state index contributed by atoms with van der Waals surface area (Å²) in [5.74, 6) is 1.80. The van der Waals surface area contributed by atoms with Crippen molar-refractivity contribution in [1.82, 2.24) is 15.3 Å². The highest BCUT2D eigenvalue weighted by molar-refractivity contribution is 5.49. The van der Waals surface area contributed by atoms with Crippen molar-refractivity contribution >= 4 is 11.6 Å². The third-order valence-electron chi connectivity index (χ3n) is 3.02. The lowest BCUT2D eigenvalue weighted by Gasteiger charge is -2.24. The van der Waals surface area contributed by atoms with Gasteiger partial charge in [-0.2, -0.15) is 0 Å². The van der Waals surface area contributed by atoms with Crippen LogP contribution in [0.2, 0.25) is 0 Å². The molecule has 1 aliphatic rings. The van der Waals surface area contributed by atoms with Crippen LogP contribution in [-0.2, 0) is 0 Å². The van der Waals surface area contributed by atoms with Gasteiger partial charge in [0.1, 0.15) is 18.0 Å². The highest BCUT2D eigenvalue weighted by Crippen LogP contribution is 2.17. The molecule has 2 heterocycles. The number of hydrogen-bond donors (Lipinski definition) is 2. The molecule has 1 fully saturated rings. The zero-order chi connectivity index (χ0) is 12.1. The summed E-state index contributed by atoms with van der Waals surface area (Å²) in [5.41, 5.74) is 0. The van der Waals surface area contributed by atoms with E-state index in [2.05, 4.69) is 39.1 Å². The molecule has 0 spiro atoms. The summed E-state index contributed by atoms with van der Waals surface area (Å²) in [4.78, 5) is 10.7. The lowest BCUT2D eigenvalue weighted by molar-refractivity contribution is 0.677. The molecule has 1 aromatic heterocycles. The molecule has 1 atom stereocenters. The summed E-state index contributed by atoms with van der Waals surface area (Å²) in [5, 5.41) is 6.53. The molecule has 1 aliphatic heterocycles. The molecule has 0 amide bonds. The van der Waals surface area contributed by atoms with Gasteiger partial charge < -0.3 is 15.5 Å². The maximum Gasteiger partial charge on any atom is 0.134 e. The van der Waals surface area contributed by atoms with Gasteiger partial charge in [-0.1, -0.05) is 6.08 Å². The second-order valence-electron chi connectivity index (χ2n) is 4.19. The van der Waals surface area contributed by atoms with Crippen molar-refractivity contribution in [2.45, 2.75) is 12.5 Å². The van der Waals surface area contributed by atoms with Gasteiger partial charge in [0.15, 0.2) is 0 Å². The fourth-order valence-corrected chi connectivity index (χ4v) is 1.97. The van der Waals surface area contributed by atoms with Crippen LogP contribution < -0.4 is 15.5 Å². The Morgan fingerprint density at radius 3 is 3.24 bits per heavy atom. The lowest BCUT2D eigenvalue weighted by atomic mass is 10.2. The van der Waals surface area contributed by atoms with Gasteiger partial charge in [-0.05, 0) is 13.0 Å². The first-order valence-corrected chi connectivity index (χ1v) is 5.91. The van der Waals surface area contributed by atoms with Gasteiger partial charge in [0.2, 0.25) is 0 Å². The van der Waals surface area contributed by atoms with Crippen LogP contribution in [0, 0.1) is 0 Å². The van der Waals surface area contributed by atoms with Crippen LogP contribution in [-0.4, -0.2) is 42.7 Å². The minimum absolute atomic E-state index is 0.525. The van der Waals surface area contributed by atoms with Crippen LogP contribution in [0.4, 0.5) is 11.6 Å². The Balaban J connectivity index is 2.06. The molecule has 0 bridgehead atoms. The molecule has 1 saturated heterocycles. The van der Waals surface area contributed by atoms with Crippen LogP contribution in [0.5, 0.6) is 0 Å². The Labute approximate surface area is 102 Å². The first kappa shape index (κ1) is 11.9. The topological polar surface area (TPSA) is 53.1 Å². The number of rotatable bonds is 5. The van der Waals surface area contributed by atoms with E-state index in [0.717, 1.165) is 31.1 Å². The first-order valence-electron chi connectivity index (χ1n) is 5.91. The molecule has 2 rings (SSSR count). The highest BCUT2D eigenvalue weighted by atomic mass is 15.2. The quantitative estimate of drug-likeness (QED) is 0.739. The molecule has 0 aliphatic carbocycles. The summed E-state index contributed by atoms with van der Waals surface area (Å²) < 4.78 is 0. The normalized spacial score (nSPS) is 19.0. The van der Waals surface area contributed by atoms with E-state index in [1.807, 2.05) is 12.1 Å². The fraction of sp³-hybridized carbons (Fsp3) is 0.500. The highest BCUT2D eigenvalue weighted by Gasteiger charge is 2.20. The largest absolute Gasteiger partial charge is 0.366 e. The second kappa shape index (κ2) is 5.63. The van der Waals surface area contributed by atoms with Crippen LogP contribution in [0.25, 0.3) is 0 Å². The molecule has 92 valence electrons. The maximum absolute atomic E-state index is 4.31. The molecule has 2 N–H and O–H groups in total. The van der Waals surface area contributed by atoms with Crippen molar-refractivity contribution in [3.05, 3.63) is 25.0 Å². The van der Waals surface area contributed by atoms with Crippen molar-refractivity contribution in [2.24, 2.45) is 0 Å². The summed E-state index contributed by atoms with van der Waals surface area (Å²) >= 11 is 0. The molecule has 1 unspecified atom stereocenters. The molecule has 0 saturated carbocycles. The molecule has 1 aromatic rings. The van der Waals surface area contributed by atoms with E-state index in [9.17, 15) is 0 Å². The van der Waals surface area contributed by atoms with Crippen molar-refractivity contribution in [3.63, 3.8) is 0 Å². The van der Waals surface area contributed by atoms with E-state index in [4.69, 9.17) is 0 Å². The van der Waals surface area contributed by atoms with Gasteiger partial charge in [-0.3, -0.25) is 0 Å². The number of hydrogen-bond acceptors (Lipinski definition) is 5. The average Bonchev–Trinajstić information content (AvgIpc) is 2.89. The minimum atomic E-state index is 0.525. The number of likely N-dealkylation sites (N-methyl/N-ethyl adjacent to an activating group) is 1. The Morgan fingerprint density at radius 2 is 2.53 bits per heavy atom. The summed E-state index contributed by atoms with van der Waals surface area (Å²) in [7, 11) is 2.08. The Hall–Kier alpha value is -1.62. The van der Waals surface area contributed by atoms with E-state index in [1.165, 1.54) is 0 Å². The molecule has 5 heteroatoms. The van der Waals surface area contributed by atoms with Gasteiger partial charge >= 0.3 is 0 Å². The second-order valence-corrected chi connectivity index (χ2v) is 4.19. The van der Waals surface area contributed by atoms with Crippen molar-refractivity contribution in [1.29, 1.82) is 0 Å². The molecule has 17 heavy (non-hydrogen) atoms. The van der Waals surface area contributed by atoms with Crippen LogP contribution in [0.3, 0.4) is 0 Å². The van der Waals surface area contributed by atoms with Gasteiger partial charge in [0.25, 0.3) is 0 Å². The maximum atomic E-state index is 4.31. The number of nitrogens with one attached hydrogen (secondary N) is 2. The molecular weight excluding hydrogens is 214 g/mol. The van der Waals surface area contributed by atoms with E-state index < -0.39 is 0 Å². The predicted octanol–water partition coefficient (Wildman–Crippen LogP) is 0.873. The number of aromatic nitrogens is 2. The molecule has 0 aromatic carbocycles. The van der Waals surface area contributed by atoms with Gasteiger partial charge in [-0.15, -0.1) is 6.58 Å². The van der Waals surface area contributed by atoms with E-state index >= 15 is 0 Å². The first-order chi connectivity index (χ1) is 8.31. The Kier molecular flexibility index (Phi) is 3.93. The summed E-state index contributed by atoms with van der Waals surface area (Å²) in [6, 6.07) is 2.50. The third-order valence-corrected chi connectivity index (χ3v) is 3.02. The molecular formula is C12H19N5. The summed E-state index contributed by atoms with van der Waals surface area (Å²) in [6.07, 6.45) is 4.57. The number of anilines is 2. The van der Waals surface area contributed by atoms with Gasteiger partial charge in [0.05, 0.1) is 0 Å². The van der Waals surface area contributed by atoms with Crippen LogP contribution >= 0.6 is 0 Å². The van der Waals surface area contributed by atoms with Gasteiger partial charge in [0, 0.05) is 32.2 Å². The molecule has 0 radical (unpaired) electrons. The third kappa shape index (κ3) is 2.94. The predicted molar refractivity (Wildman–Crippen MR) is 70.4 cm³/mol. The Bertz CT molecular complexity index is 373. The Morgan fingerprint density at radius 1 is 1.65 bits per heavy atom. The zero-order valence-electron chi connectivity index (χ0n) is 10.2. The summed E-state index contributed by atoms with van der Waals surface area (Å²) in [6.45, 7) is 6.49. The molecule has 5 nitrogen and oxygen atoms in total. The fourth-order valence-electron chi connectivity index (χ4n) is 1.97. The van der Waals surface area contributed by atoms with Gasteiger partial charge in [-0.25, -0.2) is 9.97 Å².